The van der Waals surface area contributed by atoms with Crippen LogP contribution in [-0.4, -0.2) is 46.7 Å². The van der Waals surface area contributed by atoms with Crippen LogP contribution in [0.2, 0.25) is 0 Å². The molecule has 0 aromatic rings. The van der Waals surface area contributed by atoms with Gasteiger partial charge in [0.1, 0.15) is 6.04 Å². The fourth-order valence-corrected chi connectivity index (χ4v) is 6.17. The molecule has 2 amide bonds. The number of ether oxygens (including phenoxy) is 1. The van der Waals surface area contributed by atoms with Gasteiger partial charge in [-0.1, -0.05) is 45.4 Å². The summed E-state index contributed by atoms with van der Waals surface area (Å²) in [5.41, 5.74) is 0. The second-order valence-corrected chi connectivity index (χ2v) is 9.15. The van der Waals surface area contributed by atoms with E-state index < -0.39 is 6.04 Å². The third-order valence-corrected chi connectivity index (χ3v) is 7.44. The second-order valence-electron chi connectivity index (χ2n) is 8.00. The van der Waals surface area contributed by atoms with Gasteiger partial charge in [0.15, 0.2) is 0 Å². The van der Waals surface area contributed by atoms with Crippen LogP contribution >= 0.6 is 11.8 Å². The van der Waals surface area contributed by atoms with Crippen LogP contribution in [0, 0.1) is 5.92 Å². The van der Waals surface area contributed by atoms with E-state index in [0.717, 1.165) is 19.3 Å². The maximum Gasteiger partial charge on any atom is 0.329 e. The molecule has 0 aromatic carbocycles. The largest absolute Gasteiger partial charge is 0.464 e. The average Bonchev–Trinajstić information content (AvgIpc) is 3.13. The van der Waals surface area contributed by atoms with Crippen molar-refractivity contribution in [3.63, 3.8) is 0 Å². The van der Waals surface area contributed by atoms with Crippen LogP contribution in [0.4, 0.5) is 4.79 Å². The molecule has 0 bridgehead atoms. The van der Waals surface area contributed by atoms with Gasteiger partial charge in [-0.25, -0.2) is 9.59 Å². The molecule has 3 fully saturated rings. The number of rotatable bonds is 5. The first-order valence-corrected chi connectivity index (χ1v) is 11.6. The van der Waals surface area contributed by atoms with E-state index in [1.807, 2.05) is 11.8 Å². The van der Waals surface area contributed by atoms with Crippen molar-refractivity contribution in [2.45, 2.75) is 95.0 Å². The van der Waals surface area contributed by atoms with Gasteiger partial charge in [-0.3, -0.25) is 4.90 Å². The predicted octanol–water partition coefficient (Wildman–Crippen LogP) is 4.31. The van der Waals surface area contributed by atoms with Gasteiger partial charge in [0.05, 0.1) is 12.0 Å². The molecule has 1 saturated heterocycles. The highest BCUT2D eigenvalue weighted by atomic mass is 32.2. The van der Waals surface area contributed by atoms with Crippen molar-refractivity contribution in [2.24, 2.45) is 5.92 Å². The van der Waals surface area contributed by atoms with E-state index in [9.17, 15) is 9.59 Å². The first-order chi connectivity index (χ1) is 12.7. The first-order valence-electron chi connectivity index (χ1n) is 10.6. The van der Waals surface area contributed by atoms with E-state index in [4.69, 9.17) is 4.74 Å². The van der Waals surface area contributed by atoms with Gasteiger partial charge < -0.3 is 10.1 Å². The third-order valence-electron chi connectivity index (χ3n) is 5.98. The Labute approximate surface area is 162 Å². The van der Waals surface area contributed by atoms with Gasteiger partial charge in [-0.2, -0.15) is 0 Å². The van der Waals surface area contributed by atoms with Crippen molar-refractivity contribution < 1.29 is 14.3 Å². The quantitative estimate of drug-likeness (QED) is 0.720. The summed E-state index contributed by atoms with van der Waals surface area (Å²) in [5.74, 6) is 0.952. The molecule has 0 spiro atoms. The van der Waals surface area contributed by atoms with Gasteiger partial charge >= 0.3 is 12.0 Å². The Morgan fingerprint density at radius 2 is 1.69 bits per heavy atom. The summed E-state index contributed by atoms with van der Waals surface area (Å²) < 4.78 is 5.41. The van der Waals surface area contributed by atoms with E-state index in [-0.39, 0.29) is 23.4 Å². The first kappa shape index (κ1) is 19.8. The molecular formula is C20H34N2O3S. The Morgan fingerprint density at radius 3 is 2.35 bits per heavy atom. The van der Waals surface area contributed by atoms with Crippen LogP contribution in [0.3, 0.4) is 0 Å². The van der Waals surface area contributed by atoms with E-state index in [2.05, 4.69) is 5.32 Å². The highest BCUT2D eigenvalue weighted by Gasteiger charge is 2.46. The summed E-state index contributed by atoms with van der Waals surface area (Å²) in [7, 11) is 0. The number of hydrogen-bond donors (Lipinski definition) is 1. The number of urea groups is 1. The number of nitrogens with one attached hydrogen (secondary N) is 1. The molecular weight excluding hydrogens is 348 g/mol. The van der Waals surface area contributed by atoms with Crippen LogP contribution < -0.4 is 5.32 Å². The Kier molecular flexibility index (Phi) is 7.52. The van der Waals surface area contributed by atoms with Crippen molar-refractivity contribution in [1.82, 2.24) is 10.2 Å². The van der Waals surface area contributed by atoms with Gasteiger partial charge in [0.25, 0.3) is 0 Å². The van der Waals surface area contributed by atoms with Crippen LogP contribution in [0.25, 0.3) is 0 Å². The SMILES string of the molecule is CCCOC(=O)C1CSC(C2CCCCC2)N1C(=O)NC1CCCCC1. The van der Waals surface area contributed by atoms with Gasteiger partial charge in [0, 0.05) is 11.8 Å². The molecule has 2 atom stereocenters. The topological polar surface area (TPSA) is 58.6 Å². The third kappa shape index (κ3) is 4.87. The van der Waals surface area contributed by atoms with E-state index in [1.54, 1.807) is 11.8 Å². The summed E-state index contributed by atoms with van der Waals surface area (Å²) in [5, 5.41) is 3.36. The molecule has 5 nitrogen and oxygen atoms in total. The zero-order chi connectivity index (χ0) is 18.4. The number of thioether (sulfide) groups is 1. The Balaban J connectivity index is 1.69. The summed E-state index contributed by atoms with van der Waals surface area (Å²) in [6.07, 6.45) is 12.7. The molecule has 3 rings (SSSR count). The lowest BCUT2D eigenvalue weighted by Gasteiger charge is -2.36. The van der Waals surface area contributed by atoms with Crippen LogP contribution in [0.5, 0.6) is 0 Å². The minimum atomic E-state index is -0.429. The predicted molar refractivity (Wildman–Crippen MR) is 105 cm³/mol. The Hall–Kier alpha value is -0.910. The van der Waals surface area contributed by atoms with Crippen molar-refractivity contribution in [3.05, 3.63) is 0 Å². The van der Waals surface area contributed by atoms with Crippen molar-refractivity contribution in [1.29, 1.82) is 0 Å². The molecule has 1 aliphatic heterocycles. The minimum Gasteiger partial charge on any atom is -0.464 e. The maximum absolute atomic E-state index is 13.1. The Bertz CT molecular complexity index is 476. The van der Waals surface area contributed by atoms with E-state index in [0.29, 0.717) is 18.3 Å². The fourth-order valence-electron chi connectivity index (χ4n) is 4.54. The van der Waals surface area contributed by atoms with Crippen LogP contribution in [0.1, 0.15) is 77.6 Å². The fraction of sp³-hybridized carbons (Fsp3) is 0.900. The van der Waals surface area contributed by atoms with Crippen molar-refractivity contribution >= 4 is 23.8 Å². The molecule has 0 aromatic heterocycles. The minimum absolute atomic E-state index is 0.0454. The summed E-state index contributed by atoms with van der Waals surface area (Å²) in [4.78, 5) is 27.6. The molecule has 148 valence electrons. The lowest BCUT2D eigenvalue weighted by Crippen LogP contribution is -2.54. The lowest BCUT2D eigenvalue weighted by molar-refractivity contribution is -0.148. The summed E-state index contributed by atoms with van der Waals surface area (Å²) in [6.45, 7) is 2.43. The summed E-state index contributed by atoms with van der Waals surface area (Å²) in [6, 6.07) is -0.209. The molecule has 0 radical (unpaired) electrons. The maximum atomic E-state index is 13.1. The molecule has 1 N–H and O–H groups in total. The zero-order valence-electron chi connectivity index (χ0n) is 16.1. The number of hydrogen-bond acceptors (Lipinski definition) is 4. The normalized spacial score (nSPS) is 28.1. The van der Waals surface area contributed by atoms with Crippen molar-refractivity contribution in [3.8, 4) is 0 Å². The monoisotopic (exact) mass is 382 g/mol. The summed E-state index contributed by atoms with van der Waals surface area (Å²) >= 11 is 1.78. The van der Waals surface area contributed by atoms with Crippen molar-refractivity contribution in [2.75, 3.05) is 12.4 Å². The van der Waals surface area contributed by atoms with Gasteiger partial charge in [-0.15, -0.1) is 11.8 Å². The van der Waals surface area contributed by atoms with Crippen LogP contribution in [-0.2, 0) is 9.53 Å². The molecule has 2 unspecified atom stereocenters. The average molecular weight is 383 g/mol. The lowest BCUT2D eigenvalue weighted by atomic mass is 9.88. The van der Waals surface area contributed by atoms with E-state index in [1.165, 1.54) is 51.4 Å². The smallest absolute Gasteiger partial charge is 0.329 e. The van der Waals surface area contributed by atoms with Gasteiger partial charge in [0.2, 0.25) is 0 Å². The number of carbonyl (C=O) groups is 2. The Morgan fingerprint density at radius 1 is 1.04 bits per heavy atom. The molecule has 6 heteroatoms. The molecule has 2 aliphatic carbocycles. The molecule has 2 saturated carbocycles. The molecule has 1 heterocycles. The second kappa shape index (κ2) is 9.86. The molecule has 3 aliphatic rings. The highest BCUT2D eigenvalue weighted by molar-refractivity contribution is 8.00. The van der Waals surface area contributed by atoms with Gasteiger partial charge in [-0.05, 0) is 38.0 Å². The number of amides is 2. The number of nitrogens with zero attached hydrogens (tertiary/aromatic N) is 1. The zero-order valence-corrected chi connectivity index (χ0v) is 16.9. The molecule has 26 heavy (non-hydrogen) atoms. The highest BCUT2D eigenvalue weighted by Crippen LogP contribution is 2.40. The number of carbonyl (C=O) groups excluding carboxylic acids is 2. The van der Waals surface area contributed by atoms with E-state index >= 15 is 0 Å². The number of esters is 1. The van der Waals surface area contributed by atoms with Crippen LogP contribution in [0.15, 0.2) is 0 Å². The standard InChI is InChI=1S/C20H34N2O3S/c1-2-13-25-19(23)17-14-26-18(15-9-5-3-6-10-15)22(17)20(24)21-16-11-7-4-8-12-16/h15-18H,2-14H2,1H3,(H,21,24).